The fourth-order valence-corrected chi connectivity index (χ4v) is 2.91. The first-order valence-electron chi connectivity index (χ1n) is 8.40. The largest absolute Gasteiger partial charge is 0.419 e. The quantitative estimate of drug-likeness (QED) is 0.669. The molecule has 0 bridgehead atoms. The van der Waals surface area contributed by atoms with Crippen LogP contribution < -0.4 is 0 Å². The molecule has 23 heavy (non-hydrogen) atoms. The van der Waals surface area contributed by atoms with E-state index in [4.69, 9.17) is 4.42 Å². The minimum atomic E-state index is 0.609. The highest BCUT2D eigenvalue weighted by molar-refractivity contribution is 5.85. The Morgan fingerprint density at radius 1 is 1.09 bits per heavy atom. The van der Waals surface area contributed by atoms with Gasteiger partial charge in [-0.3, -0.25) is 0 Å². The number of aryl methyl sites for hydroxylation is 1. The molecule has 0 unspecified atom stereocenters. The van der Waals surface area contributed by atoms with Crippen LogP contribution >= 0.6 is 0 Å². The second-order valence-electron chi connectivity index (χ2n) is 5.62. The molecule has 0 aliphatic heterocycles. The van der Waals surface area contributed by atoms with Crippen molar-refractivity contribution in [3.8, 4) is 11.6 Å². The van der Waals surface area contributed by atoms with Gasteiger partial charge >= 0.3 is 0 Å². The number of fused-ring (bicyclic) bond motifs is 1. The number of hydrogen-bond donors (Lipinski definition) is 0. The van der Waals surface area contributed by atoms with E-state index in [0.29, 0.717) is 11.8 Å². The lowest BCUT2D eigenvalue weighted by Gasteiger charge is -2.19. The molecular formula is C18H24N4O. The SMILES string of the molecule is CCc1nnc(-c2cc3ccccc3n2CCN(CC)CC)o1. The van der Waals surface area contributed by atoms with Crippen LogP contribution in [0.1, 0.15) is 26.7 Å². The summed E-state index contributed by atoms with van der Waals surface area (Å²) in [6.45, 7) is 10.5. The fraction of sp³-hybridized carbons (Fsp3) is 0.444. The van der Waals surface area contributed by atoms with Crippen LogP contribution in [-0.2, 0) is 13.0 Å². The van der Waals surface area contributed by atoms with Crippen LogP contribution in [0.15, 0.2) is 34.7 Å². The molecule has 1 aromatic carbocycles. The maximum Gasteiger partial charge on any atom is 0.264 e. The number of aromatic nitrogens is 3. The van der Waals surface area contributed by atoms with Gasteiger partial charge in [-0.25, -0.2) is 0 Å². The summed E-state index contributed by atoms with van der Waals surface area (Å²) in [7, 11) is 0. The van der Waals surface area contributed by atoms with E-state index in [-0.39, 0.29) is 0 Å². The van der Waals surface area contributed by atoms with E-state index in [9.17, 15) is 0 Å². The predicted octanol–water partition coefficient (Wildman–Crippen LogP) is 3.60. The van der Waals surface area contributed by atoms with Crippen LogP contribution in [0.3, 0.4) is 0 Å². The number of nitrogens with zero attached hydrogens (tertiary/aromatic N) is 4. The molecule has 0 N–H and O–H groups in total. The molecule has 0 saturated heterocycles. The average Bonchev–Trinajstić information content (AvgIpc) is 3.20. The first-order chi connectivity index (χ1) is 11.3. The molecule has 122 valence electrons. The predicted molar refractivity (Wildman–Crippen MR) is 92.4 cm³/mol. The lowest BCUT2D eigenvalue weighted by atomic mass is 10.2. The maximum atomic E-state index is 5.79. The number of hydrogen-bond acceptors (Lipinski definition) is 4. The topological polar surface area (TPSA) is 47.1 Å². The Labute approximate surface area is 136 Å². The lowest BCUT2D eigenvalue weighted by Crippen LogP contribution is -2.27. The van der Waals surface area contributed by atoms with Crippen molar-refractivity contribution >= 4 is 10.9 Å². The summed E-state index contributed by atoms with van der Waals surface area (Å²) >= 11 is 0. The van der Waals surface area contributed by atoms with Crippen LogP contribution in [0.5, 0.6) is 0 Å². The summed E-state index contributed by atoms with van der Waals surface area (Å²) in [5.74, 6) is 1.29. The number of benzene rings is 1. The smallest absolute Gasteiger partial charge is 0.264 e. The van der Waals surface area contributed by atoms with Crippen molar-refractivity contribution in [3.63, 3.8) is 0 Å². The van der Waals surface area contributed by atoms with Gasteiger partial charge in [0.1, 0.15) is 5.69 Å². The van der Waals surface area contributed by atoms with Gasteiger partial charge in [-0.1, -0.05) is 39.0 Å². The molecule has 0 aliphatic rings. The summed E-state index contributed by atoms with van der Waals surface area (Å²) in [4.78, 5) is 2.42. The van der Waals surface area contributed by atoms with Gasteiger partial charge in [-0.05, 0) is 25.2 Å². The van der Waals surface area contributed by atoms with Gasteiger partial charge in [-0.15, -0.1) is 10.2 Å². The highest BCUT2D eigenvalue weighted by Crippen LogP contribution is 2.27. The van der Waals surface area contributed by atoms with Gasteiger partial charge < -0.3 is 13.9 Å². The highest BCUT2D eigenvalue weighted by Gasteiger charge is 2.16. The molecule has 5 heteroatoms. The van der Waals surface area contributed by atoms with E-state index in [1.54, 1.807) is 0 Å². The van der Waals surface area contributed by atoms with Crippen molar-refractivity contribution in [3.05, 3.63) is 36.2 Å². The number of likely N-dealkylation sites (N-methyl/N-ethyl adjacent to an activating group) is 1. The molecule has 0 spiro atoms. The number of para-hydroxylation sites is 1. The lowest BCUT2D eigenvalue weighted by molar-refractivity contribution is 0.292. The van der Waals surface area contributed by atoms with Crippen molar-refractivity contribution in [2.45, 2.75) is 33.7 Å². The zero-order valence-corrected chi connectivity index (χ0v) is 14.1. The van der Waals surface area contributed by atoms with Gasteiger partial charge in [-0.2, -0.15) is 0 Å². The molecule has 3 rings (SSSR count). The molecule has 5 nitrogen and oxygen atoms in total. The monoisotopic (exact) mass is 312 g/mol. The van der Waals surface area contributed by atoms with Gasteiger partial charge in [0.05, 0.1) is 0 Å². The van der Waals surface area contributed by atoms with Gasteiger partial charge in [0.15, 0.2) is 0 Å². The van der Waals surface area contributed by atoms with Gasteiger partial charge in [0, 0.05) is 30.4 Å². The Morgan fingerprint density at radius 3 is 2.57 bits per heavy atom. The molecule has 2 aromatic heterocycles. The minimum Gasteiger partial charge on any atom is -0.419 e. The van der Waals surface area contributed by atoms with Crippen LogP contribution in [0.2, 0.25) is 0 Å². The summed E-state index contributed by atoms with van der Waals surface area (Å²) in [5, 5.41) is 9.55. The second-order valence-corrected chi connectivity index (χ2v) is 5.62. The zero-order chi connectivity index (χ0) is 16.2. The van der Waals surface area contributed by atoms with Crippen molar-refractivity contribution in [1.29, 1.82) is 0 Å². The maximum absolute atomic E-state index is 5.79. The summed E-state index contributed by atoms with van der Waals surface area (Å²) in [5.41, 5.74) is 2.22. The van der Waals surface area contributed by atoms with Crippen molar-refractivity contribution in [2.75, 3.05) is 19.6 Å². The van der Waals surface area contributed by atoms with E-state index < -0.39 is 0 Å². The standard InChI is InChI=1S/C18H24N4O/c1-4-17-19-20-18(23-17)16-13-14-9-7-8-10-15(14)22(16)12-11-21(5-2)6-3/h7-10,13H,4-6,11-12H2,1-3H3. The Morgan fingerprint density at radius 2 is 1.87 bits per heavy atom. The van der Waals surface area contributed by atoms with Gasteiger partial charge in [0.25, 0.3) is 5.89 Å². The molecule has 0 radical (unpaired) electrons. The van der Waals surface area contributed by atoms with Crippen LogP contribution in [0.4, 0.5) is 0 Å². The molecule has 0 fully saturated rings. The van der Waals surface area contributed by atoms with E-state index in [0.717, 1.165) is 38.3 Å². The Hall–Kier alpha value is -2.14. The Bertz CT molecular complexity index is 770. The summed E-state index contributed by atoms with van der Waals surface area (Å²) < 4.78 is 8.08. The first-order valence-corrected chi connectivity index (χ1v) is 8.40. The van der Waals surface area contributed by atoms with E-state index >= 15 is 0 Å². The molecule has 0 amide bonds. The van der Waals surface area contributed by atoms with Crippen molar-refractivity contribution < 1.29 is 4.42 Å². The van der Waals surface area contributed by atoms with Crippen molar-refractivity contribution in [2.24, 2.45) is 0 Å². The average molecular weight is 312 g/mol. The third-order valence-corrected chi connectivity index (χ3v) is 4.33. The van der Waals surface area contributed by atoms with E-state index in [1.165, 1.54) is 10.9 Å². The summed E-state index contributed by atoms with van der Waals surface area (Å²) in [6, 6.07) is 10.6. The van der Waals surface area contributed by atoms with Crippen LogP contribution in [0, 0.1) is 0 Å². The van der Waals surface area contributed by atoms with Crippen LogP contribution in [-0.4, -0.2) is 39.3 Å². The Kier molecular flexibility index (Phi) is 4.76. The fourth-order valence-electron chi connectivity index (χ4n) is 2.91. The van der Waals surface area contributed by atoms with Gasteiger partial charge in [0.2, 0.25) is 5.89 Å². The van der Waals surface area contributed by atoms with E-state index in [2.05, 4.69) is 63.8 Å². The second kappa shape index (κ2) is 6.96. The number of rotatable bonds is 7. The van der Waals surface area contributed by atoms with Crippen molar-refractivity contribution in [1.82, 2.24) is 19.7 Å². The molecule has 0 atom stereocenters. The molecule has 2 heterocycles. The third kappa shape index (κ3) is 3.15. The Balaban J connectivity index is 2.00. The molecular weight excluding hydrogens is 288 g/mol. The van der Waals surface area contributed by atoms with E-state index in [1.807, 2.05) is 6.92 Å². The molecule has 0 aliphatic carbocycles. The highest BCUT2D eigenvalue weighted by atomic mass is 16.4. The molecule has 0 saturated carbocycles. The normalized spacial score (nSPS) is 11.7. The minimum absolute atomic E-state index is 0.609. The molecule has 3 aromatic rings. The summed E-state index contributed by atoms with van der Waals surface area (Å²) in [6.07, 6.45) is 0.757. The first kappa shape index (κ1) is 15.7. The zero-order valence-electron chi connectivity index (χ0n) is 14.1. The van der Waals surface area contributed by atoms with Crippen LogP contribution in [0.25, 0.3) is 22.5 Å². The third-order valence-electron chi connectivity index (χ3n) is 4.33.